The summed E-state index contributed by atoms with van der Waals surface area (Å²) in [5, 5.41) is 13.3. The second-order valence-electron chi connectivity index (χ2n) is 5.82. The summed E-state index contributed by atoms with van der Waals surface area (Å²) >= 11 is 6.02. The van der Waals surface area contributed by atoms with E-state index in [1.807, 2.05) is 18.2 Å². The number of aliphatic hydroxyl groups excluding tert-OH is 1. The highest BCUT2D eigenvalue weighted by molar-refractivity contribution is 6.30. The van der Waals surface area contributed by atoms with Gasteiger partial charge in [-0.3, -0.25) is 9.20 Å². The van der Waals surface area contributed by atoms with E-state index in [2.05, 4.69) is 29.0 Å². The molecule has 0 amide bonds. The first-order valence-electron chi connectivity index (χ1n) is 8.51. The standard InChI is InChI=1S/C19H21ClN4O2/c1-3-23(4-2)15-8-9-24-17(11-15)22-18(16(12-25)19(24)26)21-14-7-5-6-13(20)10-14/h5-11,21,25H,3-4,12H2,1-2H3. The molecule has 3 aromatic rings. The number of rotatable bonds is 6. The lowest BCUT2D eigenvalue weighted by Gasteiger charge is -2.21. The van der Waals surface area contributed by atoms with Gasteiger partial charge in [-0.15, -0.1) is 0 Å². The van der Waals surface area contributed by atoms with Crippen LogP contribution in [-0.2, 0) is 6.61 Å². The molecule has 2 N–H and O–H groups in total. The van der Waals surface area contributed by atoms with Crippen LogP contribution in [0.2, 0.25) is 5.02 Å². The third kappa shape index (κ3) is 3.52. The van der Waals surface area contributed by atoms with E-state index in [9.17, 15) is 9.90 Å². The summed E-state index contributed by atoms with van der Waals surface area (Å²) in [4.78, 5) is 19.5. The first-order valence-corrected chi connectivity index (χ1v) is 8.88. The molecule has 0 saturated heterocycles. The smallest absolute Gasteiger partial charge is 0.265 e. The lowest BCUT2D eigenvalue weighted by Crippen LogP contribution is -2.24. The Hall–Kier alpha value is -2.57. The number of hydrogen-bond donors (Lipinski definition) is 2. The predicted molar refractivity (Wildman–Crippen MR) is 106 cm³/mol. The van der Waals surface area contributed by atoms with Gasteiger partial charge in [-0.05, 0) is 38.1 Å². The molecule has 6 nitrogen and oxygen atoms in total. The van der Waals surface area contributed by atoms with Crippen LogP contribution in [-0.4, -0.2) is 27.6 Å². The highest BCUT2D eigenvalue weighted by Gasteiger charge is 2.14. The molecule has 0 aliphatic carbocycles. The van der Waals surface area contributed by atoms with Crippen molar-refractivity contribution in [3.8, 4) is 0 Å². The number of nitrogens with one attached hydrogen (secondary N) is 1. The first-order chi connectivity index (χ1) is 12.6. The Labute approximate surface area is 156 Å². The minimum atomic E-state index is -0.407. The zero-order chi connectivity index (χ0) is 18.7. The van der Waals surface area contributed by atoms with E-state index in [-0.39, 0.29) is 11.1 Å². The Morgan fingerprint density at radius 1 is 1.23 bits per heavy atom. The second kappa shape index (κ2) is 7.76. The number of benzene rings is 1. The van der Waals surface area contributed by atoms with E-state index in [0.29, 0.717) is 22.2 Å². The van der Waals surface area contributed by atoms with Crippen molar-refractivity contribution in [2.45, 2.75) is 20.5 Å². The lowest BCUT2D eigenvalue weighted by atomic mass is 10.2. The first kappa shape index (κ1) is 18.2. The summed E-state index contributed by atoms with van der Waals surface area (Å²) < 4.78 is 1.45. The molecule has 0 fully saturated rings. The van der Waals surface area contributed by atoms with Crippen LogP contribution in [0.15, 0.2) is 47.4 Å². The quantitative estimate of drug-likeness (QED) is 0.693. The summed E-state index contributed by atoms with van der Waals surface area (Å²) in [6.45, 7) is 5.47. The fraction of sp³-hybridized carbons (Fsp3) is 0.263. The molecule has 2 heterocycles. The van der Waals surface area contributed by atoms with Gasteiger partial charge in [-0.2, -0.15) is 0 Å². The van der Waals surface area contributed by atoms with E-state index >= 15 is 0 Å². The van der Waals surface area contributed by atoms with Gasteiger partial charge in [0.1, 0.15) is 11.5 Å². The minimum absolute atomic E-state index is 0.207. The molecular formula is C19H21ClN4O2. The van der Waals surface area contributed by atoms with Gasteiger partial charge in [0.15, 0.2) is 0 Å². The molecule has 0 saturated carbocycles. The average Bonchev–Trinajstić information content (AvgIpc) is 2.63. The number of aromatic nitrogens is 2. The number of hydrogen-bond acceptors (Lipinski definition) is 5. The van der Waals surface area contributed by atoms with Crippen LogP contribution >= 0.6 is 11.6 Å². The van der Waals surface area contributed by atoms with Crippen LogP contribution in [0.5, 0.6) is 0 Å². The Kier molecular flexibility index (Phi) is 5.44. The van der Waals surface area contributed by atoms with E-state index in [1.165, 1.54) is 4.40 Å². The van der Waals surface area contributed by atoms with Crippen LogP contribution in [0.25, 0.3) is 5.65 Å². The van der Waals surface area contributed by atoms with E-state index in [1.54, 1.807) is 24.4 Å². The van der Waals surface area contributed by atoms with Crippen molar-refractivity contribution < 1.29 is 5.11 Å². The van der Waals surface area contributed by atoms with Gasteiger partial charge < -0.3 is 15.3 Å². The second-order valence-corrected chi connectivity index (χ2v) is 6.26. The molecule has 0 bridgehead atoms. The third-order valence-electron chi connectivity index (χ3n) is 4.28. The predicted octanol–water partition coefficient (Wildman–Crippen LogP) is 3.43. The third-order valence-corrected chi connectivity index (χ3v) is 4.52. The molecule has 0 unspecified atom stereocenters. The van der Waals surface area contributed by atoms with Crippen molar-refractivity contribution in [3.05, 3.63) is 63.5 Å². The Morgan fingerprint density at radius 3 is 2.65 bits per heavy atom. The summed E-state index contributed by atoms with van der Waals surface area (Å²) in [6, 6.07) is 10.9. The van der Waals surface area contributed by atoms with Crippen molar-refractivity contribution in [1.29, 1.82) is 0 Å². The number of anilines is 3. The van der Waals surface area contributed by atoms with Crippen LogP contribution in [0.1, 0.15) is 19.4 Å². The van der Waals surface area contributed by atoms with Crippen LogP contribution in [0, 0.1) is 0 Å². The Balaban J connectivity index is 2.13. The molecule has 26 heavy (non-hydrogen) atoms. The number of aliphatic hydroxyl groups is 1. The molecule has 0 radical (unpaired) electrons. The van der Waals surface area contributed by atoms with Gasteiger partial charge in [0.2, 0.25) is 0 Å². The molecule has 1 aromatic carbocycles. The fourth-order valence-electron chi connectivity index (χ4n) is 2.90. The van der Waals surface area contributed by atoms with Gasteiger partial charge in [-0.25, -0.2) is 4.98 Å². The topological polar surface area (TPSA) is 69.9 Å². The summed E-state index contributed by atoms with van der Waals surface area (Å²) in [7, 11) is 0. The maximum atomic E-state index is 12.7. The van der Waals surface area contributed by atoms with E-state index in [0.717, 1.165) is 18.8 Å². The van der Waals surface area contributed by atoms with Crippen LogP contribution in [0.3, 0.4) is 0 Å². The Morgan fingerprint density at radius 2 is 2.00 bits per heavy atom. The van der Waals surface area contributed by atoms with Crippen LogP contribution < -0.4 is 15.8 Å². The molecule has 3 rings (SSSR count). The number of fused-ring (bicyclic) bond motifs is 1. The molecule has 0 spiro atoms. The monoisotopic (exact) mass is 372 g/mol. The van der Waals surface area contributed by atoms with Crippen molar-refractivity contribution in [2.75, 3.05) is 23.3 Å². The normalized spacial score (nSPS) is 10.9. The van der Waals surface area contributed by atoms with Gasteiger partial charge >= 0.3 is 0 Å². The van der Waals surface area contributed by atoms with Gasteiger partial charge in [0, 0.05) is 41.8 Å². The maximum absolute atomic E-state index is 12.7. The van der Waals surface area contributed by atoms with E-state index in [4.69, 9.17) is 11.6 Å². The number of nitrogens with zero attached hydrogens (tertiary/aromatic N) is 3. The molecule has 0 aliphatic heterocycles. The lowest BCUT2D eigenvalue weighted by molar-refractivity contribution is 0.280. The van der Waals surface area contributed by atoms with Crippen molar-refractivity contribution in [3.63, 3.8) is 0 Å². The molecule has 136 valence electrons. The van der Waals surface area contributed by atoms with Crippen molar-refractivity contribution in [1.82, 2.24) is 9.38 Å². The van der Waals surface area contributed by atoms with Gasteiger partial charge in [-0.1, -0.05) is 17.7 Å². The summed E-state index contributed by atoms with van der Waals surface area (Å²) in [6.07, 6.45) is 1.70. The molecular weight excluding hydrogens is 352 g/mol. The van der Waals surface area contributed by atoms with Crippen molar-refractivity contribution in [2.24, 2.45) is 0 Å². The number of halogens is 1. The zero-order valence-electron chi connectivity index (χ0n) is 14.7. The largest absolute Gasteiger partial charge is 0.391 e. The summed E-state index contributed by atoms with van der Waals surface area (Å²) in [5.74, 6) is 0.330. The average molecular weight is 373 g/mol. The van der Waals surface area contributed by atoms with E-state index < -0.39 is 6.61 Å². The molecule has 0 atom stereocenters. The van der Waals surface area contributed by atoms with Crippen molar-refractivity contribution >= 4 is 34.4 Å². The van der Waals surface area contributed by atoms with Gasteiger partial charge in [0.25, 0.3) is 5.56 Å². The molecule has 0 aliphatic rings. The maximum Gasteiger partial charge on any atom is 0.265 e. The Bertz CT molecular complexity index is 983. The SMILES string of the molecule is CCN(CC)c1ccn2c(=O)c(CO)c(Nc3cccc(Cl)c3)nc2c1. The highest BCUT2D eigenvalue weighted by Crippen LogP contribution is 2.22. The zero-order valence-corrected chi connectivity index (χ0v) is 15.5. The minimum Gasteiger partial charge on any atom is -0.391 e. The van der Waals surface area contributed by atoms with Gasteiger partial charge in [0.05, 0.1) is 12.2 Å². The summed E-state index contributed by atoms with van der Waals surface area (Å²) in [5.41, 5.74) is 2.11. The van der Waals surface area contributed by atoms with Crippen LogP contribution in [0.4, 0.5) is 17.2 Å². The highest BCUT2D eigenvalue weighted by atomic mass is 35.5. The fourth-order valence-corrected chi connectivity index (χ4v) is 3.09. The number of pyridine rings is 1. The molecule has 7 heteroatoms. The molecule has 2 aromatic heterocycles.